The van der Waals surface area contributed by atoms with Crippen LogP contribution in [0.3, 0.4) is 0 Å². The van der Waals surface area contributed by atoms with Gasteiger partial charge in [0, 0.05) is 22.0 Å². The molecule has 0 amide bonds. The van der Waals surface area contributed by atoms with Crippen molar-refractivity contribution in [2.45, 2.75) is 31.1 Å². The fourth-order valence-electron chi connectivity index (χ4n) is 1.27. The fourth-order valence-corrected chi connectivity index (χ4v) is 1.79. The van der Waals surface area contributed by atoms with Crippen molar-refractivity contribution in [1.82, 2.24) is 0 Å². The summed E-state index contributed by atoms with van der Waals surface area (Å²) in [7, 11) is -0.902. The van der Waals surface area contributed by atoms with Crippen molar-refractivity contribution in [1.29, 1.82) is 0 Å². The molecule has 1 atom stereocenters. The summed E-state index contributed by atoms with van der Waals surface area (Å²) in [6.45, 7) is 2.94. The van der Waals surface area contributed by atoms with Gasteiger partial charge in [0.25, 0.3) is 0 Å². The topological polar surface area (TPSA) is 26.3 Å². The first-order valence-electron chi connectivity index (χ1n) is 5.30. The average molecular weight is 226 g/mol. The SMILES string of the molecule is CCCCCOc1ccc(S(C)=O)cc1. The maximum Gasteiger partial charge on any atom is 0.119 e. The van der Waals surface area contributed by atoms with Crippen LogP contribution in [-0.4, -0.2) is 17.1 Å². The Bertz CT molecular complexity index is 306. The molecule has 0 aliphatic rings. The second-order valence-electron chi connectivity index (χ2n) is 3.48. The van der Waals surface area contributed by atoms with Gasteiger partial charge in [-0.3, -0.25) is 4.21 Å². The Hall–Kier alpha value is -0.830. The highest BCUT2D eigenvalue weighted by Gasteiger charge is 1.97. The Labute approximate surface area is 94.1 Å². The summed E-state index contributed by atoms with van der Waals surface area (Å²) < 4.78 is 16.7. The van der Waals surface area contributed by atoms with Crippen LogP contribution in [0.25, 0.3) is 0 Å². The monoisotopic (exact) mass is 226 g/mol. The van der Waals surface area contributed by atoms with E-state index in [2.05, 4.69) is 6.92 Å². The van der Waals surface area contributed by atoms with Gasteiger partial charge in [-0.05, 0) is 30.7 Å². The maximum absolute atomic E-state index is 11.1. The number of hydrogen-bond acceptors (Lipinski definition) is 2. The zero-order valence-electron chi connectivity index (χ0n) is 9.36. The van der Waals surface area contributed by atoms with Crippen LogP contribution in [0.15, 0.2) is 29.2 Å². The van der Waals surface area contributed by atoms with Gasteiger partial charge in [-0.25, -0.2) is 0 Å². The van der Waals surface area contributed by atoms with Crippen LogP contribution in [0, 0.1) is 0 Å². The molecule has 0 bridgehead atoms. The first-order chi connectivity index (χ1) is 7.24. The van der Waals surface area contributed by atoms with Crippen molar-refractivity contribution in [3.05, 3.63) is 24.3 Å². The van der Waals surface area contributed by atoms with E-state index >= 15 is 0 Å². The van der Waals surface area contributed by atoms with E-state index in [1.165, 1.54) is 12.8 Å². The van der Waals surface area contributed by atoms with Gasteiger partial charge >= 0.3 is 0 Å². The number of unbranched alkanes of at least 4 members (excludes halogenated alkanes) is 2. The Balaban J connectivity index is 2.39. The third kappa shape index (κ3) is 4.47. The fraction of sp³-hybridized carbons (Fsp3) is 0.500. The zero-order chi connectivity index (χ0) is 11.1. The minimum absolute atomic E-state index is 0.766. The largest absolute Gasteiger partial charge is 0.494 e. The van der Waals surface area contributed by atoms with Gasteiger partial charge in [-0.2, -0.15) is 0 Å². The van der Waals surface area contributed by atoms with E-state index in [1.807, 2.05) is 24.3 Å². The molecule has 2 nitrogen and oxygen atoms in total. The van der Waals surface area contributed by atoms with Gasteiger partial charge in [0.1, 0.15) is 5.75 Å². The van der Waals surface area contributed by atoms with Crippen LogP contribution in [0.5, 0.6) is 5.75 Å². The molecule has 0 aliphatic carbocycles. The molecular formula is C12H18O2S. The predicted octanol–water partition coefficient (Wildman–Crippen LogP) is 2.99. The van der Waals surface area contributed by atoms with Crippen LogP contribution in [0.4, 0.5) is 0 Å². The highest BCUT2D eigenvalue weighted by Crippen LogP contribution is 2.14. The molecule has 0 fully saturated rings. The molecule has 0 N–H and O–H groups in total. The lowest BCUT2D eigenvalue weighted by Gasteiger charge is -2.05. The summed E-state index contributed by atoms with van der Waals surface area (Å²) in [6, 6.07) is 7.46. The summed E-state index contributed by atoms with van der Waals surface area (Å²) in [6.07, 6.45) is 5.18. The van der Waals surface area contributed by atoms with Gasteiger partial charge in [-0.1, -0.05) is 19.8 Å². The van der Waals surface area contributed by atoms with Crippen LogP contribution in [0.1, 0.15) is 26.2 Å². The Morgan fingerprint density at radius 3 is 2.40 bits per heavy atom. The number of hydrogen-bond donors (Lipinski definition) is 0. The molecule has 3 heteroatoms. The van der Waals surface area contributed by atoms with E-state index in [-0.39, 0.29) is 0 Å². The minimum atomic E-state index is -0.902. The van der Waals surface area contributed by atoms with Gasteiger partial charge in [0.05, 0.1) is 6.61 Å². The molecule has 0 aromatic heterocycles. The Morgan fingerprint density at radius 2 is 1.87 bits per heavy atom. The standard InChI is InChI=1S/C12H18O2S/c1-3-4-5-10-14-11-6-8-12(9-7-11)15(2)13/h6-9H,3-5,10H2,1-2H3. The molecule has 84 valence electrons. The first-order valence-corrected chi connectivity index (χ1v) is 6.86. The zero-order valence-corrected chi connectivity index (χ0v) is 10.2. The van der Waals surface area contributed by atoms with Crippen molar-refractivity contribution in [2.24, 2.45) is 0 Å². The highest BCUT2D eigenvalue weighted by atomic mass is 32.2. The molecule has 1 aromatic carbocycles. The van der Waals surface area contributed by atoms with Crippen molar-refractivity contribution in [3.8, 4) is 5.75 Å². The molecule has 0 saturated heterocycles. The second-order valence-corrected chi connectivity index (χ2v) is 4.86. The van der Waals surface area contributed by atoms with E-state index in [0.29, 0.717) is 0 Å². The average Bonchev–Trinajstić information content (AvgIpc) is 2.25. The van der Waals surface area contributed by atoms with Gasteiger partial charge in [0.2, 0.25) is 0 Å². The third-order valence-corrected chi connectivity index (χ3v) is 3.11. The van der Waals surface area contributed by atoms with Gasteiger partial charge < -0.3 is 4.74 Å². The summed E-state index contributed by atoms with van der Waals surface area (Å²) >= 11 is 0. The third-order valence-electron chi connectivity index (χ3n) is 2.17. The molecule has 0 spiro atoms. The number of benzene rings is 1. The van der Waals surface area contributed by atoms with E-state index in [4.69, 9.17) is 4.74 Å². The summed E-state index contributed by atoms with van der Waals surface area (Å²) in [5.41, 5.74) is 0. The van der Waals surface area contributed by atoms with Crippen molar-refractivity contribution >= 4 is 10.8 Å². The molecule has 0 saturated carbocycles. The lowest BCUT2D eigenvalue weighted by molar-refractivity contribution is 0.306. The minimum Gasteiger partial charge on any atom is -0.494 e. The smallest absolute Gasteiger partial charge is 0.119 e. The van der Waals surface area contributed by atoms with Crippen LogP contribution >= 0.6 is 0 Å². The van der Waals surface area contributed by atoms with Gasteiger partial charge in [-0.15, -0.1) is 0 Å². The molecule has 1 rings (SSSR count). The highest BCUT2D eigenvalue weighted by molar-refractivity contribution is 7.84. The van der Waals surface area contributed by atoms with E-state index in [1.54, 1.807) is 6.26 Å². The summed E-state index contributed by atoms with van der Waals surface area (Å²) in [5.74, 6) is 0.861. The van der Waals surface area contributed by atoms with E-state index in [0.717, 1.165) is 23.7 Å². The Kier molecular flexibility index (Phi) is 5.40. The van der Waals surface area contributed by atoms with E-state index in [9.17, 15) is 4.21 Å². The molecule has 15 heavy (non-hydrogen) atoms. The maximum atomic E-state index is 11.1. The lowest BCUT2D eigenvalue weighted by atomic mass is 10.3. The van der Waals surface area contributed by atoms with E-state index < -0.39 is 10.8 Å². The van der Waals surface area contributed by atoms with Crippen LogP contribution in [-0.2, 0) is 10.8 Å². The second kappa shape index (κ2) is 6.62. The quantitative estimate of drug-likeness (QED) is 0.697. The van der Waals surface area contributed by atoms with Crippen molar-refractivity contribution < 1.29 is 8.95 Å². The number of rotatable bonds is 6. The number of ether oxygens (including phenoxy) is 1. The normalized spacial score (nSPS) is 12.4. The molecular weight excluding hydrogens is 208 g/mol. The Morgan fingerprint density at radius 1 is 1.20 bits per heavy atom. The molecule has 0 aliphatic heterocycles. The van der Waals surface area contributed by atoms with Crippen molar-refractivity contribution in [2.75, 3.05) is 12.9 Å². The predicted molar refractivity (Wildman–Crippen MR) is 63.8 cm³/mol. The van der Waals surface area contributed by atoms with Gasteiger partial charge in [0.15, 0.2) is 0 Å². The summed E-state index contributed by atoms with van der Waals surface area (Å²) in [4.78, 5) is 0.843. The van der Waals surface area contributed by atoms with Crippen LogP contribution < -0.4 is 4.74 Å². The molecule has 1 aromatic rings. The first kappa shape index (κ1) is 12.2. The molecule has 0 radical (unpaired) electrons. The molecule has 1 unspecified atom stereocenters. The lowest BCUT2D eigenvalue weighted by Crippen LogP contribution is -1.97. The summed E-state index contributed by atoms with van der Waals surface area (Å²) in [5, 5.41) is 0. The molecule has 0 heterocycles. The van der Waals surface area contributed by atoms with Crippen molar-refractivity contribution in [3.63, 3.8) is 0 Å². The van der Waals surface area contributed by atoms with Crippen LogP contribution in [0.2, 0.25) is 0 Å².